The van der Waals surface area contributed by atoms with E-state index in [0.717, 1.165) is 6.07 Å². The quantitative estimate of drug-likeness (QED) is 0.324. The van der Waals surface area contributed by atoms with E-state index in [-0.39, 0.29) is 52.4 Å². The molecule has 0 spiro atoms. The first-order valence-electron chi connectivity index (χ1n) is 12.0. The van der Waals surface area contributed by atoms with Crippen LogP contribution in [0.25, 0.3) is 0 Å². The molecule has 1 aromatic carbocycles. The minimum atomic E-state index is -0.774. The predicted molar refractivity (Wildman–Crippen MR) is 139 cm³/mol. The largest absolute Gasteiger partial charge is 0.489 e. The number of benzene rings is 1. The van der Waals surface area contributed by atoms with Crippen LogP contribution in [0.3, 0.4) is 0 Å². The van der Waals surface area contributed by atoms with Gasteiger partial charge in [-0.25, -0.2) is 14.0 Å². The van der Waals surface area contributed by atoms with Crippen molar-refractivity contribution in [3.63, 3.8) is 0 Å². The zero-order chi connectivity index (χ0) is 27.8. The Morgan fingerprint density at radius 1 is 1.13 bits per heavy atom. The summed E-state index contributed by atoms with van der Waals surface area (Å²) in [4.78, 5) is 44.0. The number of hydrogen-bond donors (Lipinski definition) is 0. The Labute approximate surface area is 225 Å². The van der Waals surface area contributed by atoms with Crippen molar-refractivity contribution in [3.8, 4) is 18.1 Å². The second-order valence-corrected chi connectivity index (χ2v) is 9.22. The fourth-order valence-corrected chi connectivity index (χ4v) is 4.24. The Hall–Kier alpha value is -3.90. The third-order valence-corrected chi connectivity index (χ3v) is 6.01. The number of rotatable bonds is 9. The van der Waals surface area contributed by atoms with Crippen LogP contribution in [0.2, 0.25) is 5.02 Å². The van der Waals surface area contributed by atoms with Crippen molar-refractivity contribution in [2.24, 2.45) is 0 Å². The number of amides is 1. The highest BCUT2D eigenvalue weighted by Crippen LogP contribution is 2.36. The summed E-state index contributed by atoms with van der Waals surface area (Å²) in [5, 5.41) is 0.0390. The van der Waals surface area contributed by atoms with E-state index in [0.29, 0.717) is 31.2 Å². The van der Waals surface area contributed by atoms with Crippen molar-refractivity contribution in [1.29, 1.82) is 0 Å². The number of terminal acetylenes is 1. The Kier molecular flexibility index (Phi) is 9.85. The minimum absolute atomic E-state index is 0.0390. The Morgan fingerprint density at radius 3 is 2.50 bits per heavy atom. The molecule has 0 radical (unpaired) electrons. The van der Waals surface area contributed by atoms with Gasteiger partial charge in [-0.15, -0.1) is 6.42 Å². The number of aromatic nitrogens is 1. The minimum Gasteiger partial charge on any atom is -0.489 e. The van der Waals surface area contributed by atoms with Crippen LogP contribution in [0.15, 0.2) is 41.7 Å². The summed E-state index contributed by atoms with van der Waals surface area (Å²) in [7, 11) is 1.24. The molecular formula is C28H28ClFN2O6. The number of esters is 2. The molecule has 0 unspecified atom stereocenters. The maximum absolute atomic E-state index is 15.4. The summed E-state index contributed by atoms with van der Waals surface area (Å²) >= 11 is 6.21. The summed E-state index contributed by atoms with van der Waals surface area (Å²) in [5.41, 5.74) is 0.878. The van der Waals surface area contributed by atoms with E-state index in [9.17, 15) is 14.4 Å². The SMILES string of the molecule is C#CCOC(=O)C1=C(C(=O)N(Cc2cncc(C(=O)OC)c2)c2cc(OC(C)C)c(Cl)cc2F)CCCC1. The second-order valence-electron chi connectivity index (χ2n) is 8.81. The van der Waals surface area contributed by atoms with Crippen molar-refractivity contribution < 1.29 is 33.0 Å². The monoisotopic (exact) mass is 542 g/mol. The first-order valence-corrected chi connectivity index (χ1v) is 12.4. The molecule has 1 aliphatic rings. The summed E-state index contributed by atoms with van der Waals surface area (Å²) in [5.74, 6) is -0.249. The van der Waals surface area contributed by atoms with E-state index in [1.54, 1.807) is 13.8 Å². The molecule has 8 nitrogen and oxygen atoms in total. The number of carbonyl (C=O) groups is 3. The fraction of sp³-hybridized carbons (Fsp3) is 0.357. The van der Waals surface area contributed by atoms with Gasteiger partial charge in [-0.05, 0) is 57.2 Å². The topological polar surface area (TPSA) is 95.0 Å². The van der Waals surface area contributed by atoms with E-state index in [1.165, 1.54) is 36.5 Å². The zero-order valence-corrected chi connectivity index (χ0v) is 22.1. The van der Waals surface area contributed by atoms with Gasteiger partial charge in [-0.1, -0.05) is 17.5 Å². The summed E-state index contributed by atoms with van der Waals surface area (Å²) in [6.45, 7) is 3.16. The molecular weight excluding hydrogens is 515 g/mol. The van der Waals surface area contributed by atoms with E-state index >= 15 is 4.39 Å². The number of halogens is 2. The first-order chi connectivity index (χ1) is 18.2. The Morgan fingerprint density at radius 2 is 1.84 bits per heavy atom. The molecule has 1 heterocycles. The molecule has 0 fully saturated rings. The number of carbonyl (C=O) groups excluding carboxylic acids is 3. The van der Waals surface area contributed by atoms with E-state index in [4.69, 9.17) is 32.2 Å². The molecule has 0 aliphatic heterocycles. The third-order valence-electron chi connectivity index (χ3n) is 5.72. The van der Waals surface area contributed by atoms with Crippen LogP contribution in [-0.2, 0) is 25.6 Å². The van der Waals surface area contributed by atoms with Crippen LogP contribution in [0.4, 0.5) is 10.1 Å². The third kappa shape index (κ3) is 6.90. The number of methoxy groups -OCH3 is 1. The van der Waals surface area contributed by atoms with Crippen LogP contribution in [0.1, 0.15) is 55.5 Å². The van der Waals surface area contributed by atoms with Crippen molar-refractivity contribution in [1.82, 2.24) is 4.98 Å². The smallest absolute Gasteiger partial charge is 0.339 e. The standard InChI is InChI=1S/C28H28ClFN2O6/c1-5-10-37-28(35)21-9-7-6-8-20(21)26(33)32(16-18-11-19(15-31-14-18)27(34)36-4)24-13-25(38-17(2)3)22(29)12-23(24)30/h1,11-15,17H,6-10,16H2,2-4H3. The highest BCUT2D eigenvalue weighted by atomic mass is 35.5. The van der Waals surface area contributed by atoms with E-state index in [1.807, 2.05) is 0 Å². The molecule has 0 saturated carbocycles. The highest BCUT2D eigenvalue weighted by molar-refractivity contribution is 6.32. The van der Waals surface area contributed by atoms with Crippen LogP contribution >= 0.6 is 11.6 Å². The molecule has 1 aromatic heterocycles. The van der Waals surface area contributed by atoms with Crippen LogP contribution in [0, 0.1) is 18.2 Å². The molecule has 1 aliphatic carbocycles. The maximum Gasteiger partial charge on any atom is 0.339 e. The highest BCUT2D eigenvalue weighted by Gasteiger charge is 2.31. The number of anilines is 1. The molecule has 38 heavy (non-hydrogen) atoms. The average Bonchev–Trinajstić information content (AvgIpc) is 2.91. The van der Waals surface area contributed by atoms with Crippen molar-refractivity contribution in [3.05, 3.63) is 63.7 Å². The van der Waals surface area contributed by atoms with E-state index in [2.05, 4.69) is 10.9 Å². The van der Waals surface area contributed by atoms with Crippen LogP contribution in [-0.4, -0.2) is 42.7 Å². The maximum atomic E-state index is 15.4. The lowest BCUT2D eigenvalue weighted by molar-refractivity contribution is -0.138. The number of pyridine rings is 1. The van der Waals surface area contributed by atoms with Gasteiger partial charge < -0.3 is 19.1 Å². The fourth-order valence-electron chi connectivity index (χ4n) is 4.05. The molecule has 10 heteroatoms. The molecule has 3 rings (SSSR count). The summed E-state index contributed by atoms with van der Waals surface area (Å²) in [6.07, 6.45) is 9.67. The molecule has 2 aromatic rings. The van der Waals surface area contributed by atoms with Gasteiger partial charge in [0.15, 0.2) is 6.61 Å². The van der Waals surface area contributed by atoms with Gasteiger partial charge in [0.2, 0.25) is 0 Å². The van der Waals surface area contributed by atoms with Gasteiger partial charge in [0.25, 0.3) is 5.91 Å². The van der Waals surface area contributed by atoms with E-state index < -0.39 is 23.7 Å². The molecule has 0 bridgehead atoms. The molecule has 0 N–H and O–H groups in total. The average molecular weight is 543 g/mol. The van der Waals surface area contributed by atoms with Crippen molar-refractivity contribution >= 4 is 35.1 Å². The number of nitrogens with zero attached hydrogens (tertiary/aromatic N) is 2. The molecule has 0 saturated heterocycles. The van der Waals surface area contributed by atoms with Gasteiger partial charge >= 0.3 is 11.9 Å². The van der Waals surface area contributed by atoms with Gasteiger partial charge in [0.05, 0.1) is 36.0 Å². The molecule has 0 atom stereocenters. The number of ether oxygens (including phenoxy) is 3. The Balaban J connectivity index is 2.14. The van der Waals surface area contributed by atoms with Gasteiger partial charge in [0.1, 0.15) is 11.6 Å². The van der Waals surface area contributed by atoms with Crippen LogP contribution < -0.4 is 9.64 Å². The lowest BCUT2D eigenvalue weighted by Crippen LogP contribution is -2.34. The van der Waals surface area contributed by atoms with Crippen molar-refractivity contribution in [2.45, 2.75) is 52.2 Å². The molecule has 1 amide bonds. The lowest BCUT2D eigenvalue weighted by Gasteiger charge is -2.28. The van der Waals surface area contributed by atoms with Gasteiger partial charge in [0, 0.05) is 29.6 Å². The van der Waals surface area contributed by atoms with Gasteiger partial charge in [-0.2, -0.15) is 0 Å². The second kappa shape index (κ2) is 13.1. The summed E-state index contributed by atoms with van der Waals surface area (Å²) in [6, 6.07) is 3.90. The number of hydrogen-bond acceptors (Lipinski definition) is 7. The van der Waals surface area contributed by atoms with Gasteiger partial charge in [-0.3, -0.25) is 9.78 Å². The van der Waals surface area contributed by atoms with Crippen LogP contribution in [0.5, 0.6) is 5.75 Å². The zero-order valence-electron chi connectivity index (χ0n) is 21.4. The predicted octanol–water partition coefficient (Wildman–Crippen LogP) is 5.03. The van der Waals surface area contributed by atoms with Crippen molar-refractivity contribution in [2.75, 3.05) is 18.6 Å². The summed E-state index contributed by atoms with van der Waals surface area (Å²) < 4.78 is 31.0. The molecule has 200 valence electrons. The first kappa shape index (κ1) is 28.7. The Bertz CT molecular complexity index is 1300. The lowest BCUT2D eigenvalue weighted by atomic mass is 9.90. The normalized spacial score (nSPS) is 13.1.